The molecule has 218 valence electrons. The van der Waals surface area contributed by atoms with Crippen molar-refractivity contribution in [3.63, 3.8) is 0 Å². The second kappa shape index (κ2) is 11.5. The highest BCUT2D eigenvalue weighted by Gasteiger charge is 2.44. The standard InChI is InChI=1S/C33H29F4NO4/c1-21-14-24(31(40)41)12-13-28(21)23-7-5-8-25(16-23)32(17-22-6-4-9-27(15-22)42-33(35,36)37)20-38(19-26(39)18-34)30-11-3-2-10-29(30)32/h2-16,26,39H,17-20H2,1H3,(H,40,41)/t26-,32?/m0/s1. The Bertz CT molecular complexity index is 1610. The number of fused-ring (bicyclic) bond motifs is 1. The van der Waals surface area contributed by atoms with Gasteiger partial charge in [-0.25, -0.2) is 9.18 Å². The zero-order valence-electron chi connectivity index (χ0n) is 22.7. The third-order valence-corrected chi connectivity index (χ3v) is 7.67. The van der Waals surface area contributed by atoms with Crippen LogP contribution in [0.25, 0.3) is 11.1 Å². The molecule has 0 fully saturated rings. The van der Waals surface area contributed by atoms with Crippen molar-refractivity contribution in [3.05, 3.63) is 119 Å². The van der Waals surface area contributed by atoms with Crippen LogP contribution >= 0.6 is 0 Å². The quantitative estimate of drug-likeness (QED) is 0.210. The number of ether oxygens (including phenoxy) is 1. The van der Waals surface area contributed by atoms with E-state index in [2.05, 4.69) is 4.74 Å². The van der Waals surface area contributed by atoms with Crippen LogP contribution in [0.2, 0.25) is 0 Å². The van der Waals surface area contributed by atoms with Gasteiger partial charge in [-0.2, -0.15) is 0 Å². The van der Waals surface area contributed by atoms with Gasteiger partial charge in [0, 0.05) is 24.2 Å². The molecule has 9 heteroatoms. The number of nitrogens with zero attached hydrogens (tertiary/aromatic N) is 1. The first kappa shape index (κ1) is 29.1. The largest absolute Gasteiger partial charge is 0.573 e. The number of hydrogen-bond donors (Lipinski definition) is 2. The average Bonchev–Trinajstić information content (AvgIpc) is 3.26. The Morgan fingerprint density at radius 1 is 1.00 bits per heavy atom. The first-order valence-electron chi connectivity index (χ1n) is 13.4. The van der Waals surface area contributed by atoms with Crippen molar-refractivity contribution in [2.75, 3.05) is 24.7 Å². The van der Waals surface area contributed by atoms with Crippen molar-refractivity contribution in [2.45, 2.75) is 31.2 Å². The van der Waals surface area contributed by atoms with E-state index in [4.69, 9.17) is 0 Å². The monoisotopic (exact) mass is 579 g/mol. The summed E-state index contributed by atoms with van der Waals surface area (Å²) < 4.78 is 56.6. The van der Waals surface area contributed by atoms with E-state index < -0.39 is 30.5 Å². The molecule has 5 nitrogen and oxygen atoms in total. The van der Waals surface area contributed by atoms with Crippen molar-refractivity contribution < 1.29 is 37.3 Å². The number of carbonyl (C=O) groups is 1. The molecule has 1 heterocycles. The third kappa shape index (κ3) is 5.97. The summed E-state index contributed by atoms with van der Waals surface area (Å²) in [4.78, 5) is 13.4. The lowest BCUT2D eigenvalue weighted by Crippen LogP contribution is -2.40. The molecule has 5 rings (SSSR count). The van der Waals surface area contributed by atoms with E-state index in [9.17, 15) is 32.6 Å². The number of anilines is 1. The molecule has 1 aliphatic rings. The van der Waals surface area contributed by atoms with Crippen molar-refractivity contribution in [3.8, 4) is 16.9 Å². The summed E-state index contributed by atoms with van der Waals surface area (Å²) in [6.07, 6.45) is -5.75. The number of rotatable bonds is 9. The first-order chi connectivity index (χ1) is 20.0. The summed E-state index contributed by atoms with van der Waals surface area (Å²) in [6, 6.07) is 26.1. The SMILES string of the molecule is Cc1cc(C(=O)O)ccc1-c1cccc(C2(Cc3cccc(OC(F)(F)F)c3)CN(C[C@@H](O)CF)c3ccccc32)c1. The molecule has 0 spiro atoms. The smallest absolute Gasteiger partial charge is 0.478 e. The molecule has 4 aromatic rings. The molecule has 0 amide bonds. The number of alkyl halides is 4. The van der Waals surface area contributed by atoms with E-state index in [0.29, 0.717) is 18.5 Å². The highest BCUT2D eigenvalue weighted by atomic mass is 19.4. The molecule has 0 aliphatic carbocycles. The molecule has 1 unspecified atom stereocenters. The number of halogens is 4. The van der Waals surface area contributed by atoms with Crippen LogP contribution in [-0.2, 0) is 11.8 Å². The number of hydrogen-bond acceptors (Lipinski definition) is 4. The van der Waals surface area contributed by atoms with E-state index in [-0.39, 0.29) is 17.9 Å². The molecular weight excluding hydrogens is 550 g/mol. The molecule has 0 bridgehead atoms. The Balaban J connectivity index is 1.65. The van der Waals surface area contributed by atoms with Crippen molar-refractivity contribution in [1.82, 2.24) is 0 Å². The second-order valence-corrected chi connectivity index (χ2v) is 10.6. The summed E-state index contributed by atoms with van der Waals surface area (Å²) in [5, 5.41) is 19.6. The lowest BCUT2D eigenvalue weighted by atomic mass is 9.71. The van der Waals surface area contributed by atoms with Gasteiger partial charge in [0.1, 0.15) is 12.4 Å². The zero-order valence-corrected chi connectivity index (χ0v) is 22.7. The minimum atomic E-state index is -4.84. The van der Waals surface area contributed by atoms with Crippen LogP contribution in [0, 0.1) is 6.92 Å². The normalized spacial score (nSPS) is 17.1. The van der Waals surface area contributed by atoms with E-state index in [1.807, 2.05) is 60.4 Å². The van der Waals surface area contributed by atoms with Crippen LogP contribution < -0.4 is 9.64 Å². The van der Waals surface area contributed by atoms with Gasteiger partial charge < -0.3 is 19.8 Å². The van der Waals surface area contributed by atoms with E-state index in [0.717, 1.165) is 33.5 Å². The van der Waals surface area contributed by atoms with Gasteiger partial charge in [0.05, 0.1) is 11.7 Å². The summed E-state index contributed by atoms with van der Waals surface area (Å²) in [5.41, 5.74) is 5.03. The van der Waals surface area contributed by atoms with Crippen LogP contribution in [0.5, 0.6) is 5.75 Å². The van der Waals surface area contributed by atoms with Crippen molar-refractivity contribution in [2.24, 2.45) is 0 Å². The number of aryl methyl sites for hydroxylation is 1. The van der Waals surface area contributed by atoms with Gasteiger partial charge in [0.2, 0.25) is 0 Å². The Morgan fingerprint density at radius 3 is 2.48 bits per heavy atom. The minimum Gasteiger partial charge on any atom is -0.478 e. The van der Waals surface area contributed by atoms with Crippen molar-refractivity contribution in [1.29, 1.82) is 0 Å². The Kier molecular flexibility index (Phi) is 7.97. The lowest BCUT2D eigenvalue weighted by molar-refractivity contribution is -0.274. The number of β-amino-alcohol motifs (C(OH)–C–C–N with tert-alkyl or cyclic N) is 1. The van der Waals surface area contributed by atoms with Crippen LogP contribution in [0.1, 0.15) is 32.6 Å². The Labute approximate surface area is 240 Å². The number of carboxylic acids is 1. The molecule has 0 saturated carbocycles. The van der Waals surface area contributed by atoms with Gasteiger partial charge in [-0.1, -0.05) is 60.7 Å². The third-order valence-electron chi connectivity index (χ3n) is 7.67. The van der Waals surface area contributed by atoms with Gasteiger partial charge in [-0.3, -0.25) is 0 Å². The fourth-order valence-electron chi connectivity index (χ4n) is 5.92. The maximum Gasteiger partial charge on any atom is 0.573 e. The number of carboxylic acid groups (broad SMARTS) is 1. The fourth-order valence-corrected chi connectivity index (χ4v) is 5.92. The summed E-state index contributed by atoms with van der Waals surface area (Å²) >= 11 is 0. The molecule has 4 aromatic carbocycles. The number of para-hydroxylation sites is 1. The molecule has 0 aromatic heterocycles. The highest BCUT2D eigenvalue weighted by molar-refractivity contribution is 5.89. The summed E-state index contributed by atoms with van der Waals surface area (Å²) in [6.45, 7) is 1.31. The number of aliphatic hydroxyl groups is 1. The first-order valence-corrected chi connectivity index (χ1v) is 13.4. The van der Waals surface area contributed by atoms with Gasteiger partial charge >= 0.3 is 12.3 Å². The molecule has 2 atom stereocenters. The predicted molar refractivity (Wildman–Crippen MR) is 152 cm³/mol. The Hall–Kier alpha value is -4.37. The average molecular weight is 580 g/mol. The predicted octanol–water partition coefficient (Wildman–Crippen LogP) is 6.94. The minimum absolute atomic E-state index is 0.0436. The molecule has 2 N–H and O–H groups in total. The fraction of sp³-hybridized carbons (Fsp3) is 0.242. The number of aromatic carboxylic acids is 1. The van der Waals surface area contributed by atoms with E-state index >= 15 is 0 Å². The van der Waals surface area contributed by atoms with Gasteiger partial charge in [0.25, 0.3) is 0 Å². The lowest BCUT2D eigenvalue weighted by Gasteiger charge is -2.33. The van der Waals surface area contributed by atoms with E-state index in [1.165, 1.54) is 18.2 Å². The van der Waals surface area contributed by atoms with Crippen LogP contribution in [0.3, 0.4) is 0 Å². The molecule has 0 saturated heterocycles. The van der Waals surface area contributed by atoms with Crippen LogP contribution in [-0.4, -0.2) is 48.4 Å². The van der Waals surface area contributed by atoms with Gasteiger partial charge in [-0.15, -0.1) is 13.2 Å². The summed E-state index contributed by atoms with van der Waals surface area (Å²) in [5.74, 6) is -1.35. The van der Waals surface area contributed by atoms with Gasteiger partial charge in [0.15, 0.2) is 0 Å². The topological polar surface area (TPSA) is 70.0 Å². The van der Waals surface area contributed by atoms with Crippen molar-refractivity contribution >= 4 is 11.7 Å². The van der Waals surface area contributed by atoms with E-state index in [1.54, 1.807) is 24.3 Å². The Morgan fingerprint density at radius 2 is 1.76 bits per heavy atom. The highest BCUT2D eigenvalue weighted by Crippen LogP contribution is 2.48. The molecule has 42 heavy (non-hydrogen) atoms. The molecule has 0 radical (unpaired) electrons. The second-order valence-electron chi connectivity index (χ2n) is 10.6. The number of benzene rings is 4. The van der Waals surface area contributed by atoms with Crippen LogP contribution in [0.4, 0.5) is 23.2 Å². The van der Waals surface area contributed by atoms with Crippen LogP contribution in [0.15, 0.2) is 91.0 Å². The van der Waals surface area contributed by atoms with Gasteiger partial charge in [-0.05, 0) is 77.1 Å². The maximum absolute atomic E-state index is 13.4. The zero-order chi connectivity index (χ0) is 30.1. The molecular formula is C33H29F4NO4. The maximum atomic E-state index is 13.4. The molecule has 1 aliphatic heterocycles. The summed E-state index contributed by atoms with van der Waals surface area (Å²) in [7, 11) is 0. The number of aliphatic hydroxyl groups excluding tert-OH is 1.